The fourth-order valence-electron chi connectivity index (χ4n) is 10.6. The van der Waals surface area contributed by atoms with Gasteiger partial charge in [0, 0.05) is 0 Å². The summed E-state index contributed by atoms with van der Waals surface area (Å²) in [4.78, 5) is 0. The van der Waals surface area contributed by atoms with Gasteiger partial charge in [0.1, 0.15) is 0 Å². The van der Waals surface area contributed by atoms with Gasteiger partial charge in [0.05, 0.1) is 18.5 Å². The Morgan fingerprint density at radius 3 is 1.06 bits per heavy atom. The number of nitrogens with one attached hydrogen (secondary N) is 3. The monoisotopic (exact) mass is 791 g/mol. The second-order valence-electron chi connectivity index (χ2n) is 16.9. The van der Waals surface area contributed by atoms with Crippen molar-refractivity contribution in [3.63, 3.8) is 0 Å². The zero-order valence-corrected chi connectivity index (χ0v) is 33.9. The van der Waals surface area contributed by atoms with Crippen molar-refractivity contribution in [1.29, 1.82) is 0 Å². The summed E-state index contributed by atoms with van der Waals surface area (Å²) in [6.07, 6.45) is -0.197. The normalized spacial score (nSPS) is 17.0. The standard InChI is InChI=1S/C59H41N3/c1-3-14-36(15-4-1)57-60-58(37-16-5-2-6-17-37)62-59(61-57)39-19-11-18-38(32-39)40-33-41(43-28-30-53-47-22-9-7-20-45(47)51-26-12-24-49(43)55(51)53)35-42(34-40)44-29-31-54-48-23-10-8-21-46(48)52-27-13-25-50(44)56(52)54/h1-35,57-62H. The van der Waals surface area contributed by atoms with Crippen molar-refractivity contribution in [2.45, 2.75) is 18.5 Å². The zero-order valence-electron chi connectivity index (χ0n) is 33.9. The van der Waals surface area contributed by atoms with E-state index in [0.717, 1.165) is 0 Å². The van der Waals surface area contributed by atoms with Crippen LogP contribution in [0.4, 0.5) is 0 Å². The van der Waals surface area contributed by atoms with Gasteiger partial charge >= 0.3 is 0 Å². The lowest BCUT2D eigenvalue weighted by molar-refractivity contribution is 0.203. The molecule has 62 heavy (non-hydrogen) atoms. The quantitative estimate of drug-likeness (QED) is 0.157. The van der Waals surface area contributed by atoms with Gasteiger partial charge in [-0.05, 0) is 140 Å². The molecule has 2 unspecified atom stereocenters. The average molecular weight is 792 g/mol. The Labute approximate surface area is 361 Å². The fraction of sp³-hybridized carbons (Fsp3) is 0.0508. The van der Waals surface area contributed by atoms with Crippen LogP contribution in [-0.2, 0) is 0 Å². The van der Waals surface area contributed by atoms with E-state index < -0.39 is 0 Å². The van der Waals surface area contributed by atoms with Crippen LogP contribution in [0.5, 0.6) is 0 Å². The van der Waals surface area contributed by atoms with Crippen molar-refractivity contribution in [3.05, 3.63) is 229 Å². The predicted octanol–water partition coefficient (Wildman–Crippen LogP) is 14.5. The van der Waals surface area contributed by atoms with Gasteiger partial charge in [-0.15, -0.1) is 0 Å². The highest BCUT2D eigenvalue weighted by atomic mass is 15.4. The van der Waals surface area contributed by atoms with E-state index in [1.165, 1.54) is 116 Å². The summed E-state index contributed by atoms with van der Waals surface area (Å²) in [6.45, 7) is 0. The molecule has 3 heteroatoms. The maximum Gasteiger partial charge on any atom is 0.0864 e. The first-order chi connectivity index (χ1) is 30.7. The number of rotatable bonds is 6. The van der Waals surface area contributed by atoms with Crippen LogP contribution in [0.15, 0.2) is 212 Å². The molecule has 2 aliphatic carbocycles. The molecule has 3 N–H and O–H groups in total. The third kappa shape index (κ3) is 5.57. The number of fused-ring (bicyclic) bond motifs is 6. The Balaban J connectivity index is 0.982. The Morgan fingerprint density at radius 2 is 0.581 bits per heavy atom. The van der Waals surface area contributed by atoms with E-state index in [2.05, 4.69) is 228 Å². The van der Waals surface area contributed by atoms with Gasteiger partial charge in [-0.1, -0.05) is 188 Å². The summed E-state index contributed by atoms with van der Waals surface area (Å²) in [7, 11) is 0. The first kappa shape index (κ1) is 35.4. The molecule has 10 aromatic rings. The predicted molar refractivity (Wildman–Crippen MR) is 257 cm³/mol. The van der Waals surface area contributed by atoms with Gasteiger partial charge in [-0.2, -0.15) is 0 Å². The molecule has 292 valence electrons. The molecule has 0 aromatic heterocycles. The van der Waals surface area contributed by atoms with Gasteiger partial charge in [0.25, 0.3) is 0 Å². The topological polar surface area (TPSA) is 36.1 Å². The molecule has 3 aliphatic rings. The van der Waals surface area contributed by atoms with E-state index in [4.69, 9.17) is 0 Å². The van der Waals surface area contributed by atoms with Crippen LogP contribution in [-0.4, -0.2) is 0 Å². The fourth-order valence-corrected chi connectivity index (χ4v) is 10.6. The average Bonchev–Trinajstić information content (AvgIpc) is 3.86. The molecular weight excluding hydrogens is 751 g/mol. The molecule has 1 fully saturated rings. The minimum atomic E-state index is -0.106. The Hall–Kier alpha value is -7.40. The van der Waals surface area contributed by atoms with Crippen molar-refractivity contribution in [2.24, 2.45) is 0 Å². The maximum atomic E-state index is 3.91. The van der Waals surface area contributed by atoms with Crippen LogP contribution >= 0.6 is 0 Å². The largest absolute Gasteiger partial charge is 0.279 e. The van der Waals surface area contributed by atoms with Gasteiger partial charge in [0.15, 0.2) is 0 Å². The number of benzene rings is 10. The van der Waals surface area contributed by atoms with Gasteiger partial charge in [0.2, 0.25) is 0 Å². The summed E-state index contributed by atoms with van der Waals surface area (Å²) in [5.74, 6) is 0. The Bertz CT molecular complexity index is 3150. The lowest BCUT2D eigenvalue weighted by Crippen LogP contribution is -2.54. The van der Waals surface area contributed by atoms with Crippen LogP contribution in [0.3, 0.4) is 0 Å². The van der Waals surface area contributed by atoms with Crippen LogP contribution in [0.25, 0.3) is 99.4 Å². The molecular formula is C59H41N3. The zero-order chi connectivity index (χ0) is 40.7. The second kappa shape index (κ2) is 14.1. The Kier molecular flexibility index (Phi) is 8.04. The highest BCUT2D eigenvalue weighted by Crippen LogP contribution is 2.52. The first-order valence-electron chi connectivity index (χ1n) is 21.7. The summed E-state index contributed by atoms with van der Waals surface area (Å²) in [6, 6.07) is 78.4. The summed E-state index contributed by atoms with van der Waals surface area (Å²) in [5, 5.41) is 16.9. The summed E-state index contributed by atoms with van der Waals surface area (Å²) < 4.78 is 0. The number of hydrogen-bond acceptors (Lipinski definition) is 3. The van der Waals surface area contributed by atoms with Crippen LogP contribution in [0.2, 0.25) is 0 Å². The van der Waals surface area contributed by atoms with Crippen LogP contribution in [0, 0.1) is 0 Å². The molecule has 13 rings (SSSR count). The maximum absolute atomic E-state index is 3.91. The highest BCUT2D eigenvalue weighted by molar-refractivity contribution is 6.20. The first-order valence-corrected chi connectivity index (χ1v) is 21.7. The van der Waals surface area contributed by atoms with E-state index in [9.17, 15) is 0 Å². The van der Waals surface area contributed by atoms with E-state index in [-0.39, 0.29) is 18.5 Å². The lowest BCUT2D eigenvalue weighted by atomic mass is 9.88. The molecule has 10 aromatic carbocycles. The Morgan fingerprint density at radius 1 is 0.226 bits per heavy atom. The van der Waals surface area contributed by atoms with Crippen molar-refractivity contribution in [3.8, 4) is 77.9 Å². The third-order valence-electron chi connectivity index (χ3n) is 13.5. The van der Waals surface area contributed by atoms with Crippen LogP contribution < -0.4 is 16.0 Å². The van der Waals surface area contributed by atoms with E-state index in [1.54, 1.807) is 0 Å². The van der Waals surface area contributed by atoms with E-state index in [1.807, 2.05) is 0 Å². The molecule has 0 saturated carbocycles. The van der Waals surface area contributed by atoms with Gasteiger partial charge < -0.3 is 0 Å². The summed E-state index contributed by atoms with van der Waals surface area (Å²) in [5.41, 5.74) is 21.4. The lowest BCUT2D eigenvalue weighted by Gasteiger charge is -2.39. The SMILES string of the molecule is c1ccc(C2NC(c3ccccc3)NC(c3cccc(-c4cc(-c5ccc6c7c(cccc57)-c5ccccc5-6)cc(-c5ccc6c7c(cccc57)-c5ccccc5-6)c4)c3)N2)cc1. The van der Waals surface area contributed by atoms with Crippen LogP contribution in [0.1, 0.15) is 35.2 Å². The van der Waals surface area contributed by atoms with Crippen molar-refractivity contribution < 1.29 is 0 Å². The van der Waals surface area contributed by atoms with E-state index >= 15 is 0 Å². The van der Waals surface area contributed by atoms with Gasteiger partial charge in [-0.3, -0.25) is 16.0 Å². The molecule has 0 bridgehead atoms. The van der Waals surface area contributed by atoms with Crippen molar-refractivity contribution in [2.75, 3.05) is 0 Å². The molecule has 0 spiro atoms. The molecule has 3 nitrogen and oxygen atoms in total. The highest BCUT2D eigenvalue weighted by Gasteiger charge is 2.30. The van der Waals surface area contributed by atoms with Gasteiger partial charge in [-0.25, -0.2) is 0 Å². The minimum absolute atomic E-state index is 0.0453. The molecule has 2 atom stereocenters. The smallest absolute Gasteiger partial charge is 0.0864 e. The number of hydrogen-bond donors (Lipinski definition) is 3. The molecule has 0 radical (unpaired) electrons. The van der Waals surface area contributed by atoms with E-state index in [0.29, 0.717) is 0 Å². The third-order valence-corrected chi connectivity index (χ3v) is 13.5. The molecule has 1 saturated heterocycles. The molecule has 1 heterocycles. The van der Waals surface area contributed by atoms with Crippen molar-refractivity contribution >= 4 is 21.5 Å². The summed E-state index contributed by atoms with van der Waals surface area (Å²) >= 11 is 0. The molecule has 1 aliphatic heterocycles. The van der Waals surface area contributed by atoms with Crippen molar-refractivity contribution in [1.82, 2.24) is 16.0 Å². The minimum Gasteiger partial charge on any atom is -0.279 e. The molecule has 0 amide bonds. The second-order valence-corrected chi connectivity index (χ2v) is 16.9.